The van der Waals surface area contributed by atoms with Crippen LogP contribution >= 0.6 is 11.3 Å². The summed E-state index contributed by atoms with van der Waals surface area (Å²) in [4.78, 5) is 13.0. The number of aromatic nitrogens is 6. The molecule has 1 atom stereocenters. The van der Waals surface area contributed by atoms with Gasteiger partial charge in [0.2, 0.25) is 5.13 Å². The number of nitrogens with one attached hydrogen (secondary N) is 1. The van der Waals surface area contributed by atoms with E-state index in [0.717, 1.165) is 56.6 Å². The van der Waals surface area contributed by atoms with Crippen molar-refractivity contribution in [2.45, 2.75) is 56.6 Å². The molecule has 1 amide bonds. The Morgan fingerprint density at radius 2 is 2.17 bits per heavy atom. The first-order valence-electron chi connectivity index (χ1n) is 8.28. The number of rotatable bonds is 4. The van der Waals surface area contributed by atoms with E-state index in [0.29, 0.717) is 5.13 Å². The van der Waals surface area contributed by atoms with Crippen LogP contribution in [0.1, 0.15) is 56.1 Å². The monoisotopic (exact) mass is 349 g/mol. The molecule has 2 aromatic heterocycles. The van der Waals surface area contributed by atoms with E-state index in [2.05, 4.69) is 31.0 Å². The van der Waals surface area contributed by atoms with Crippen molar-refractivity contribution < 1.29 is 9.53 Å². The zero-order valence-corrected chi connectivity index (χ0v) is 14.0. The van der Waals surface area contributed by atoms with E-state index < -0.39 is 5.54 Å². The molecule has 2 aliphatic rings. The third kappa shape index (κ3) is 2.80. The zero-order chi connectivity index (χ0) is 16.4. The molecule has 24 heavy (non-hydrogen) atoms. The summed E-state index contributed by atoms with van der Waals surface area (Å²) in [6.07, 6.45) is 8.04. The first-order chi connectivity index (χ1) is 11.8. The molecule has 0 spiro atoms. The van der Waals surface area contributed by atoms with Crippen LogP contribution in [-0.2, 0) is 15.1 Å². The molecular weight excluding hydrogens is 330 g/mol. The van der Waals surface area contributed by atoms with Crippen molar-refractivity contribution in [1.29, 1.82) is 0 Å². The third-order valence-corrected chi connectivity index (χ3v) is 5.69. The van der Waals surface area contributed by atoms with Crippen molar-refractivity contribution in [3.05, 3.63) is 11.3 Å². The summed E-state index contributed by atoms with van der Waals surface area (Å²) in [7, 11) is 0. The number of anilines is 1. The number of carbonyl (C=O) groups is 1. The molecule has 2 fully saturated rings. The average molecular weight is 349 g/mol. The molecule has 3 heterocycles. The number of carbonyl (C=O) groups excluding carboxylic acids is 1. The lowest BCUT2D eigenvalue weighted by Crippen LogP contribution is -2.47. The lowest BCUT2D eigenvalue weighted by atomic mass is 9.81. The third-order valence-electron chi connectivity index (χ3n) is 4.76. The summed E-state index contributed by atoms with van der Waals surface area (Å²) in [6.45, 7) is 0.758. The number of nitrogens with zero attached hydrogens (tertiary/aromatic N) is 6. The Hall–Kier alpha value is -1.94. The zero-order valence-electron chi connectivity index (χ0n) is 13.2. The molecule has 1 saturated heterocycles. The van der Waals surface area contributed by atoms with Gasteiger partial charge >= 0.3 is 0 Å². The Morgan fingerprint density at radius 1 is 1.29 bits per heavy atom. The van der Waals surface area contributed by atoms with Crippen LogP contribution in [0, 0.1) is 0 Å². The van der Waals surface area contributed by atoms with Gasteiger partial charge in [0, 0.05) is 6.61 Å². The first-order valence-corrected chi connectivity index (χ1v) is 9.09. The van der Waals surface area contributed by atoms with E-state index in [4.69, 9.17) is 4.74 Å². The van der Waals surface area contributed by atoms with E-state index in [1.54, 1.807) is 4.68 Å². The van der Waals surface area contributed by atoms with Gasteiger partial charge in [-0.15, -0.1) is 15.3 Å². The van der Waals surface area contributed by atoms with Gasteiger partial charge in [0.15, 0.2) is 0 Å². The van der Waals surface area contributed by atoms with E-state index in [9.17, 15) is 4.79 Å². The fourth-order valence-electron chi connectivity index (χ4n) is 3.46. The normalized spacial score (nSPS) is 23.2. The van der Waals surface area contributed by atoms with Crippen molar-refractivity contribution >= 4 is 22.4 Å². The topological polar surface area (TPSA) is 108 Å². The maximum atomic E-state index is 13.0. The molecule has 1 saturated carbocycles. The smallest absolute Gasteiger partial charge is 0.254 e. The molecule has 4 rings (SSSR count). The van der Waals surface area contributed by atoms with Crippen molar-refractivity contribution in [2.75, 3.05) is 11.9 Å². The van der Waals surface area contributed by atoms with Gasteiger partial charge in [-0.1, -0.05) is 30.6 Å². The van der Waals surface area contributed by atoms with Crippen LogP contribution in [0.2, 0.25) is 0 Å². The highest BCUT2D eigenvalue weighted by Gasteiger charge is 2.43. The first kappa shape index (κ1) is 15.6. The lowest BCUT2D eigenvalue weighted by Gasteiger charge is -2.34. The molecule has 9 nitrogen and oxygen atoms in total. The molecule has 1 aliphatic heterocycles. The predicted molar refractivity (Wildman–Crippen MR) is 85.3 cm³/mol. The fourth-order valence-corrected chi connectivity index (χ4v) is 4.28. The van der Waals surface area contributed by atoms with Crippen LogP contribution in [0.25, 0.3) is 0 Å². The number of ether oxygens (including phenoxy) is 1. The van der Waals surface area contributed by atoms with Crippen LogP contribution in [-0.4, -0.2) is 42.9 Å². The van der Waals surface area contributed by atoms with E-state index in [1.165, 1.54) is 17.7 Å². The Labute approximate surface area is 142 Å². The molecule has 10 heteroatoms. The molecule has 2 aromatic rings. The Morgan fingerprint density at radius 3 is 2.88 bits per heavy atom. The Balaban J connectivity index is 1.53. The maximum Gasteiger partial charge on any atom is 0.254 e. The number of tetrazole rings is 1. The fraction of sp³-hybridized carbons (Fsp3) is 0.714. The van der Waals surface area contributed by atoms with E-state index in [-0.39, 0.29) is 12.0 Å². The highest BCUT2D eigenvalue weighted by molar-refractivity contribution is 7.15. The van der Waals surface area contributed by atoms with Gasteiger partial charge in [0.05, 0.1) is 0 Å². The van der Waals surface area contributed by atoms with Gasteiger partial charge < -0.3 is 4.74 Å². The van der Waals surface area contributed by atoms with Gasteiger partial charge in [0.25, 0.3) is 5.91 Å². The van der Waals surface area contributed by atoms with Gasteiger partial charge in [-0.25, -0.2) is 4.68 Å². The highest BCUT2D eigenvalue weighted by Crippen LogP contribution is 2.36. The quantitative estimate of drug-likeness (QED) is 0.894. The highest BCUT2D eigenvalue weighted by atomic mass is 32.1. The molecular formula is C14H19N7O2S. The van der Waals surface area contributed by atoms with E-state index in [1.807, 2.05) is 0 Å². The van der Waals surface area contributed by atoms with Gasteiger partial charge in [-0.3, -0.25) is 10.1 Å². The number of hydrogen-bond acceptors (Lipinski definition) is 8. The summed E-state index contributed by atoms with van der Waals surface area (Å²) in [5.41, 5.74) is -0.739. The van der Waals surface area contributed by atoms with E-state index >= 15 is 0 Å². The van der Waals surface area contributed by atoms with Crippen LogP contribution in [0.4, 0.5) is 5.13 Å². The standard InChI is InChI=1S/C14H19N7O2S/c22-12(14(6-2-1-3-7-14)21-9-15-19-20-21)16-13-18-17-11(24-13)10-5-4-8-23-10/h9-10H,1-8H2,(H,16,18,22)/t10-/m1/s1. The summed E-state index contributed by atoms with van der Waals surface area (Å²) in [5, 5.41) is 23.9. The molecule has 0 radical (unpaired) electrons. The van der Waals surface area contributed by atoms with Gasteiger partial charge in [-0.2, -0.15) is 0 Å². The van der Waals surface area contributed by atoms with Crippen LogP contribution in [0.3, 0.4) is 0 Å². The minimum Gasteiger partial charge on any atom is -0.371 e. The second-order valence-electron chi connectivity index (χ2n) is 6.25. The molecule has 128 valence electrons. The molecule has 0 aromatic carbocycles. The second-order valence-corrected chi connectivity index (χ2v) is 7.26. The lowest BCUT2D eigenvalue weighted by molar-refractivity contribution is -0.126. The van der Waals surface area contributed by atoms with Gasteiger partial charge in [0.1, 0.15) is 23.0 Å². The van der Waals surface area contributed by atoms with Crippen molar-refractivity contribution in [2.24, 2.45) is 0 Å². The Kier molecular flexibility index (Phi) is 4.23. The molecule has 1 aliphatic carbocycles. The summed E-state index contributed by atoms with van der Waals surface area (Å²) >= 11 is 1.38. The minimum absolute atomic E-state index is 0.0105. The minimum atomic E-state index is -0.739. The van der Waals surface area contributed by atoms with Crippen LogP contribution in [0.5, 0.6) is 0 Å². The number of hydrogen-bond donors (Lipinski definition) is 1. The van der Waals surface area contributed by atoms with Crippen molar-refractivity contribution in [1.82, 2.24) is 30.4 Å². The SMILES string of the molecule is O=C(Nc1nnc([C@H]2CCCO2)s1)C1(n2cnnn2)CCCCC1. The number of amides is 1. The summed E-state index contributed by atoms with van der Waals surface area (Å²) < 4.78 is 7.20. The average Bonchev–Trinajstić information content (AvgIpc) is 3.36. The van der Waals surface area contributed by atoms with Crippen molar-refractivity contribution in [3.8, 4) is 0 Å². The second kappa shape index (κ2) is 6.52. The summed E-state index contributed by atoms with van der Waals surface area (Å²) in [5.74, 6) is -0.121. The Bertz CT molecular complexity index is 690. The van der Waals surface area contributed by atoms with Crippen LogP contribution < -0.4 is 5.32 Å². The largest absolute Gasteiger partial charge is 0.371 e. The molecule has 0 bridgehead atoms. The molecule has 1 N–H and O–H groups in total. The maximum absolute atomic E-state index is 13.0. The van der Waals surface area contributed by atoms with Crippen LogP contribution in [0.15, 0.2) is 6.33 Å². The molecule has 0 unspecified atom stereocenters. The predicted octanol–water partition coefficient (Wildman–Crippen LogP) is 1.67. The van der Waals surface area contributed by atoms with Crippen molar-refractivity contribution in [3.63, 3.8) is 0 Å². The van der Waals surface area contributed by atoms with Gasteiger partial charge in [-0.05, 0) is 36.1 Å². The summed E-state index contributed by atoms with van der Waals surface area (Å²) in [6, 6.07) is 0.